The van der Waals surface area contributed by atoms with Gasteiger partial charge in [-0.15, -0.1) is 0 Å². The summed E-state index contributed by atoms with van der Waals surface area (Å²) in [7, 11) is 3.69. The minimum absolute atomic E-state index is 0.0366. The Labute approximate surface area is 157 Å². The summed E-state index contributed by atoms with van der Waals surface area (Å²) in [5.41, 5.74) is 0.486. The standard InChI is InChI=1S/C17H21Cl2N5O/c1-22-10-15(21-11-22)17(25)23(2)9-12-3-5-24(6-4-12)16-14(19)7-13(18)8-20-16/h7-8,10-12H,3-6,9H2,1-2H3. The average molecular weight is 382 g/mol. The highest BCUT2D eigenvalue weighted by Gasteiger charge is 2.24. The Hall–Kier alpha value is -1.79. The van der Waals surface area contributed by atoms with E-state index in [1.54, 1.807) is 34.3 Å². The van der Waals surface area contributed by atoms with Crippen LogP contribution in [0.3, 0.4) is 0 Å². The summed E-state index contributed by atoms with van der Waals surface area (Å²) in [4.78, 5) is 24.8. The molecule has 1 aliphatic rings. The third-order valence-electron chi connectivity index (χ3n) is 4.51. The minimum Gasteiger partial charge on any atom is -0.355 e. The van der Waals surface area contributed by atoms with Crippen molar-refractivity contribution in [2.24, 2.45) is 13.0 Å². The van der Waals surface area contributed by atoms with Crippen LogP contribution in [0.2, 0.25) is 10.0 Å². The fourth-order valence-electron chi connectivity index (χ4n) is 3.16. The molecule has 25 heavy (non-hydrogen) atoms. The van der Waals surface area contributed by atoms with Gasteiger partial charge in [-0.25, -0.2) is 9.97 Å². The molecule has 134 valence electrons. The smallest absolute Gasteiger partial charge is 0.273 e. The topological polar surface area (TPSA) is 54.3 Å². The Morgan fingerprint density at radius 2 is 2.04 bits per heavy atom. The molecule has 0 atom stereocenters. The predicted octanol–water partition coefficient (Wildman–Crippen LogP) is 3.11. The Kier molecular flexibility index (Phi) is 5.49. The third kappa shape index (κ3) is 4.25. The number of aromatic nitrogens is 3. The number of nitrogens with zero attached hydrogens (tertiary/aromatic N) is 5. The molecule has 0 N–H and O–H groups in total. The maximum Gasteiger partial charge on any atom is 0.273 e. The molecule has 0 saturated carbocycles. The van der Waals surface area contributed by atoms with Crippen molar-refractivity contribution in [3.05, 3.63) is 40.5 Å². The SMILES string of the molecule is CN(CC1CCN(c2ncc(Cl)cc2Cl)CC1)C(=O)c1cn(C)cn1. The van der Waals surface area contributed by atoms with Gasteiger partial charge in [0, 0.05) is 46.1 Å². The van der Waals surface area contributed by atoms with Crippen molar-refractivity contribution in [3.8, 4) is 0 Å². The van der Waals surface area contributed by atoms with E-state index in [-0.39, 0.29) is 5.91 Å². The molecule has 1 fully saturated rings. The summed E-state index contributed by atoms with van der Waals surface area (Å²) >= 11 is 12.2. The van der Waals surface area contributed by atoms with Gasteiger partial charge in [-0.05, 0) is 24.8 Å². The molecule has 0 radical (unpaired) electrons. The molecular weight excluding hydrogens is 361 g/mol. The number of halogens is 2. The highest BCUT2D eigenvalue weighted by atomic mass is 35.5. The van der Waals surface area contributed by atoms with Crippen molar-refractivity contribution in [2.75, 3.05) is 31.6 Å². The van der Waals surface area contributed by atoms with Crippen LogP contribution in [0.15, 0.2) is 24.8 Å². The van der Waals surface area contributed by atoms with Gasteiger partial charge in [0.2, 0.25) is 0 Å². The van der Waals surface area contributed by atoms with Gasteiger partial charge in [0.05, 0.1) is 16.4 Å². The van der Waals surface area contributed by atoms with Gasteiger partial charge in [0.1, 0.15) is 11.5 Å². The summed E-state index contributed by atoms with van der Waals surface area (Å²) in [5, 5.41) is 1.12. The van der Waals surface area contributed by atoms with Crippen LogP contribution in [0, 0.1) is 5.92 Å². The van der Waals surface area contributed by atoms with Crippen LogP contribution < -0.4 is 4.90 Å². The molecule has 0 unspecified atom stereocenters. The average Bonchev–Trinajstić information content (AvgIpc) is 3.01. The van der Waals surface area contributed by atoms with Crippen molar-refractivity contribution >= 4 is 34.9 Å². The molecular formula is C17H21Cl2N5O. The fourth-order valence-corrected chi connectivity index (χ4v) is 3.66. The summed E-state index contributed by atoms with van der Waals surface area (Å²) in [6, 6.07) is 1.72. The number of carbonyl (C=O) groups is 1. The second-order valence-electron chi connectivity index (χ2n) is 6.50. The van der Waals surface area contributed by atoms with Crippen molar-refractivity contribution < 1.29 is 4.79 Å². The molecule has 2 aromatic rings. The Bertz CT molecular complexity index is 755. The molecule has 0 bridgehead atoms. The van der Waals surface area contributed by atoms with E-state index in [0.29, 0.717) is 21.7 Å². The Morgan fingerprint density at radius 3 is 2.64 bits per heavy atom. The van der Waals surface area contributed by atoms with Gasteiger partial charge in [-0.1, -0.05) is 23.2 Å². The molecule has 8 heteroatoms. The third-order valence-corrected chi connectivity index (χ3v) is 4.99. The van der Waals surface area contributed by atoms with Crippen LogP contribution in [-0.4, -0.2) is 52.0 Å². The number of carbonyl (C=O) groups excluding carboxylic acids is 1. The fraction of sp³-hybridized carbons (Fsp3) is 0.471. The highest BCUT2D eigenvalue weighted by Crippen LogP contribution is 2.29. The zero-order chi connectivity index (χ0) is 18.0. The predicted molar refractivity (Wildman–Crippen MR) is 99.4 cm³/mol. The normalized spacial score (nSPS) is 15.4. The summed E-state index contributed by atoms with van der Waals surface area (Å²) in [6.07, 6.45) is 6.98. The first kappa shape index (κ1) is 18.0. The van der Waals surface area contributed by atoms with E-state index in [4.69, 9.17) is 23.2 Å². The zero-order valence-electron chi connectivity index (χ0n) is 14.3. The van der Waals surface area contributed by atoms with Crippen molar-refractivity contribution in [3.63, 3.8) is 0 Å². The van der Waals surface area contributed by atoms with Crippen LogP contribution in [0.4, 0.5) is 5.82 Å². The summed E-state index contributed by atoms with van der Waals surface area (Å²) in [6.45, 7) is 2.46. The number of imidazole rings is 1. The second kappa shape index (κ2) is 7.62. The zero-order valence-corrected chi connectivity index (χ0v) is 15.8. The number of amides is 1. The summed E-state index contributed by atoms with van der Waals surface area (Å²) in [5.74, 6) is 1.20. The number of pyridine rings is 1. The molecule has 1 amide bonds. The van der Waals surface area contributed by atoms with Gasteiger partial charge in [0.15, 0.2) is 0 Å². The van der Waals surface area contributed by atoms with Gasteiger partial charge in [0.25, 0.3) is 5.91 Å². The number of aryl methyl sites for hydroxylation is 1. The van der Waals surface area contributed by atoms with Crippen molar-refractivity contribution in [1.29, 1.82) is 0 Å². The highest BCUT2D eigenvalue weighted by molar-refractivity contribution is 6.36. The number of piperidine rings is 1. The quantitative estimate of drug-likeness (QED) is 0.816. The maximum atomic E-state index is 12.4. The lowest BCUT2D eigenvalue weighted by atomic mass is 9.96. The second-order valence-corrected chi connectivity index (χ2v) is 7.34. The lowest BCUT2D eigenvalue weighted by Crippen LogP contribution is -2.40. The number of anilines is 1. The van der Waals surface area contributed by atoms with Gasteiger partial charge < -0.3 is 14.4 Å². The Balaban J connectivity index is 1.54. The molecule has 1 aliphatic heterocycles. The number of hydrogen-bond donors (Lipinski definition) is 0. The molecule has 2 aromatic heterocycles. The van der Waals surface area contributed by atoms with Crippen LogP contribution in [0.1, 0.15) is 23.3 Å². The molecule has 0 aromatic carbocycles. The largest absolute Gasteiger partial charge is 0.355 e. The molecule has 0 spiro atoms. The van der Waals surface area contributed by atoms with E-state index in [1.165, 1.54) is 0 Å². The van der Waals surface area contributed by atoms with Crippen LogP contribution in [-0.2, 0) is 7.05 Å². The lowest BCUT2D eigenvalue weighted by molar-refractivity contribution is 0.0759. The Morgan fingerprint density at radius 1 is 1.32 bits per heavy atom. The van der Waals surface area contributed by atoms with Crippen LogP contribution in [0.25, 0.3) is 0 Å². The maximum absolute atomic E-state index is 12.4. The van der Waals surface area contributed by atoms with E-state index in [2.05, 4.69) is 14.9 Å². The molecule has 3 heterocycles. The minimum atomic E-state index is -0.0366. The van der Waals surface area contributed by atoms with Crippen LogP contribution >= 0.6 is 23.2 Å². The first-order valence-corrected chi connectivity index (χ1v) is 8.99. The van der Waals surface area contributed by atoms with E-state index >= 15 is 0 Å². The van der Waals surface area contributed by atoms with Gasteiger partial charge in [-0.3, -0.25) is 4.79 Å². The van der Waals surface area contributed by atoms with E-state index in [0.717, 1.165) is 38.3 Å². The van der Waals surface area contributed by atoms with Crippen molar-refractivity contribution in [2.45, 2.75) is 12.8 Å². The molecule has 6 nitrogen and oxygen atoms in total. The van der Waals surface area contributed by atoms with E-state index < -0.39 is 0 Å². The van der Waals surface area contributed by atoms with E-state index in [9.17, 15) is 4.79 Å². The molecule has 3 rings (SSSR count). The lowest BCUT2D eigenvalue weighted by Gasteiger charge is -2.34. The summed E-state index contributed by atoms with van der Waals surface area (Å²) < 4.78 is 1.78. The van der Waals surface area contributed by atoms with E-state index in [1.807, 2.05) is 14.1 Å². The van der Waals surface area contributed by atoms with Crippen molar-refractivity contribution in [1.82, 2.24) is 19.4 Å². The molecule has 1 saturated heterocycles. The molecule has 0 aliphatic carbocycles. The number of hydrogen-bond acceptors (Lipinski definition) is 4. The first-order valence-electron chi connectivity index (χ1n) is 8.23. The van der Waals surface area contributed by atoms with Gasteiger partial charge >= 0.3 is 0 Å². The monoisotopic (exact) mass is 381 g/mol. The first-order chi connectivity index (χ1) is 11.9. The van der Waals surface area contributed by atoms with Gasteiger partial charge in [-0.2, -0.15) is 0 Å². The van der Waals surface area contributed by atoms with Crippen LogP contribution in [0.5, 0.6) is 0 Å². The number of rotatable bonds is 4.